The van der Waals surface area contributed by atoms with Crippen LogP contribution >= 0.6 is 0 Å². The molecule has 2 rings (SSSR count). The first-order chi connectivity index (χ1) is 10.6. The van der Waals surface area contributed by atoms with Crippen LogP contribution in [0.5, 0.6) is 11.5 Å². The fraction of sp³-hybridized carbons (Fsp3) is 0.125. The number of aldehydes is 2. The molecule has 0 atom stereocenters. The topological polar surface area (TPSA) is 122 Å². The number of phenols is 2. The second-order valence-corrected chi connectivity index (χ2v) is 3.85. The summed E-state index contributed by atoms with van der Waals surface area (Å²) in [6, 6.07) is 12.8. The Bertz CT molecular complexity index is 528. The van der Waals surface area contributed by atoms with E-state index in [9.17, 15) is 9.59 Å². The van der Waals surface area contributed by atoms with Gasteiger partial charge in [-0.25, -0.2) is 0 Å². The normalized spacial score (nSPS) is 8.26. The SMILES string of the molecule is O=Cc1ccccc1O.O=Cc1ccccc1O.[NH-]CC[NH-].[Ni+2]. The Morgan fingerprint density at radius 3 is 1.22 bits per heavy atom. The summed E-state index contributed by atoms with van der Waals surface area (Å²) >= 11 is 0. The summed E-state index contributed by atoms with van der Waals surface area (Å²) in [4.78, 5) is 20.1. The molecule has 0 unspecified atom stereocenters. The van der Waals surface area contributed by atoms with Crippen molar-refractivity contribution in [3.05, 3.63) is 71.1 Å². The van der Waals surface area contributed by atoms with Crippen molar-refractivity contribution in [3.63, 3.8) is 0 Å². The van der Waals surface area contributed by atoms with Gasteiger partial charge in [0.15, 0.2) is 12.6 Å². The van der Waals surface area contributed by atoms with Crippen molar-refractivity contribution in [2.24, 2.45) is 0 Å². The van der Waals surface area contributed by atoms with Gasteiger partial charge in [-0.05, 0) is 24.3 Å². The molecule has 0 heterocycles. The van der Waals surface area contributed by atoms with E-state index in [4.69, 9.17) is 21.7 Å². The number of hydrogen-bond donors (Lipinski definition) is 2. The molecule has 0 amide bonds. The summed E-state index contributed by atoms with van der Waals surface area (Å²) < 4.78 is 0. The number of aromatic hydroxyl groups is 2. The average molecular weight is 361 g/mol. The maximum absolute atomic E-state index is 10.1. The minimum Gasteiger partial charge on any atom is -0.679 e. The molecule has 0 aliphatic heterocycles. The van der Waals surface area contributed by atoms with E-state index in [0.717, 1.165) is 0 Å². The molecule has 0 aliphatic rings. The molecule has 0 aromatic heterocycles. The summed E-state index contributed by atoms with van der Waals surface area (Å²) in [5.41, 5.74) is 13.2. The Kier molecular flexibility index (Phi) is 14.8. The van der Waals surface area contributed by atoms with Gasteiger partial charge >= 0.3 is 16.5 Å². The number of rotatable bonds is 3. The standard InChI is InChI=1S/2C7H6O2.C2H6N2.Ni/c2*8-5-6-3-1-2-4-7(6)9;3-1-2-4;/h2*1-5,9H;3-4H,1-2H2;/q;;-2;+2. The number of carbonyl (C=O) groups excluding carboxylic acids is 2. The van der Waals surface area contributed by atoms with Crippen molar-refractivity contribution < 1.29 is 36.3 Å². The van der Waals surface area contributed by atoms with Crippen LogP contribution in [0.1, 0.15) is 20.7 Å². The summed E-state index contributed by atoms with van der Waals surface area (Å²) in [6.07, 6.45) is 1.24. The Morgan fingerprint density at radius 2 is 1.04 bits per heavy atom. The summed E-state index contributed by atoms with van der Waals surface area (Å²) in [7, 11) is 0. The van der Waals surface area contributed by atoms with E-state index in [0.29, 0.717) is 23.7 Å². The Morgan fingerprint density at radius 1 is 0.739 bits per heavy atom. The van der Waals surface area contributed by atoms with E-state index in [-0.39, 0.29) is 41.1 Å². The first-order valence-corrected chi connectivity index (χ1v) is 6.36. The van der Waals surface area contributed by atoms with Gasteiger partial charge in [0.2, 0.25) is 0 Å². The van der Waals surface area contributed by atoms with Gasteiger partial charge in [-0.1, -0.05) is 24.3 Å². The predicted octanol–water partition coefficient (Wildman–Crippen LogP) is 3.50. The molecule has 0 aliphatic carbocycles. The fourth-order valence-corrected chi connectivity index (χ4v) is 1.17. The Balaban J connectivity index is 0. The van der Waals surface area contributed by atoms with Crippen LogP contribution in [0, 0.1) is 0 Å². The van der Waals surface area contributed by atoms with Crippen LogP contribution in [0.3, 0.4) is 0 Å². The largest absolute Gasteiger partial charge is 2.00 e. The monoisotopic (exact) mass is 360 g/mol. The molecule has 0 fully saturated rings. The van der Waals surface area contributed by atoms with E-state index in [1.165, 1.54) is 12.1 Å². The first kappa shape index (κ1) is 23.1. The van der Waals surface area contributed by atoms with Crippen molar-refractivity contribution in [1.29, 1.82) is 0 Å². The van der Waals surface area contributed by atoms with E-state index >= 15 is 0 Å². The van der Waals surface area contributed by atoms with Crippen LogP contribution in [-0.2, 0) is 16.5 Å². The third-order valence-electron chi connectivity index (χ3n) is 2.25. The molecule has 126 valence electrons. The van der Waals surface area contributed by atoms with Crippen LogP contribution in [-0.4, -0.2) is 35.9 Å². The van der Waals surface area contributed by atoms with Gasteiger partial charge in [-0.15, -0.1) is 0 Å². The van der Waals surface area contributed by atoms with Gasteiger partial charge in [-0.2, -0.15) is 13.1 Å². The summed E-state index contributed by atoms with van der Waals surface area (Å²) in [5, 5.41) is 17.8. The minimum absolute atomic E-state index is 0. The number of para-hydroxylation sites is 2. The Labute approximate surface area is 145 Å². The zero-order valence-electron chi connectivity index (χ0n) is 12.2. The zero-order valence-corrected chi connectivity index (χ0v) is 13.2. The average Bonchev–Trinajstić information content (AvgIpc) is 2.56. The Hall–Kier alpha value is -2.21. The van der Waals surface area contributed by atoms with Gasteiger partial charge in [0.1, 0.15) is 11.5 Å². The summed E-state index contributed by atoms with van der Waals surface area (Å²) in [6.45, 7) is 0.472. The van der Waals surface area contributed by atoms with Gasteiger partial charge < -0.3 is 21.7 Å². The zero-order chi connectivity index (χ0) is 16.8. The van der Waals surface area contributed by atoms with Gasteiger partial charge in [0.05, 0.1) is 11.1 Å². The molecule has 0 bridgehead atoms. The number of benzene rings is 2. The van der Waals surface area contributed by atoms with Crippen molar-refractivity contribution in [3.8, 4) is 11.5 Å². The summed E-state index contributed by atoms with van der Waals surface area (Å²) in [5.74, 6) is 0.0694. The number of phenolic OH excluding ortho intramolecular Hbond substituents is 2. The van der Waals surface area contributed by atoms with E-state index in [2.05, 4.69) is 0 Å². The molecule has 6 nitrogen and oxygen atoms in total. The molecule has 0 radical (unpaired) electrons. The van der Waals surface area contributed by atoms with Crippen LogP contribution in [0.2, 0.25) is 0 Å². The number of hydrogen-bond acceptors (Lipinski definition) is 4. The number of carbonyl (C=O) groups is 2. The van der Waals surface area contributed by atoms with Crippen molar-refractivity contribution >= 4 is 12.6 Å². The maximum Gasteiger partial charge on any atom is 2.00 e. The molecule has 0 saturated carbocycles. The smallest absolute Gasteiger partial charge is 0.679 e. The molecule has 2 aromatic rings. The van der Waals surface area contributed by atoms with E-state index in [1.54, 1.807) is 36.4 Å². The van der Waals surface area contributed by atoms with Crippen molar-refractivity contribution in [2.45, 2.75) is 0 Å². The number of nitrogens with one attached hydrogen (secondary N) is 2. The first-order valence-electron chi connectivity index (χ1n) is 6.36. The van der Waals surface area contributed by atoms with Gasteiger partial charge in [0, 0.05) is 0 Å². The second kappa shape index (κ2) is 14.7. The third-order valence-corrected chi connectivity index (χ3v) is 2.25. The predicted molar refractivity (Wildman–Crippen MR) is 85.4 cm³/mol. The fourth-order valence-electron chi connectivity index (χ4n) is 1.17. The van der Waals surface area contributed by atoms with E-state index < -0.39 is 0 Å². The van der Waals surface area contributed by atoms with Crippen LogP contribution in [0.4, 0.5) is 0 Å². The molecular formula is C16H18N2NiO4. The van der Waals surface area contributed by atoms with Crippen molar-refractivity contribution in [1.82, 2.24) is 0 Å². The molecular weight excluding hydrogens is 343 g/mol. The van der Waals surface area contributed by atoms with Crippen LogP contribution in [0.15, 0.2) is 48.5 Å². The molecule has 0 spiro atoms. The molecule has 0 saturated heterocycles. The second-order valence-electron chi connectivity index (χ2n) is 3.85. The maximum atomic E-state index is 10.1. The van der Waals surface area contributed by atoms with Crippen molar-refractivity contribution in [2.75, 3.05) is 13.1 Å². The van der Waals surface area contributed by atoms with E-state index in [1.807, 2.05) is 0 Å². The van der Waals surface area contributed by atoms with Crippen LogP contribution < -0.4 is 0 Å². The molecule has 2 aromatic carbocycles. The molecule has 23 heavy (non-hydrogen) atoms. The molecule has 4 N–H and O–H groups in total. The van der Waals surface area contributed by atoms with Crippen LogP contribution in [0.25, 0.3) is 11.5 Å². The molecule has 7 heteroatoms. The third kappa shape index (κ3) is 10.2. The van der Waals surface area contributed by atoms with Gasteiger partial charge in [-0.3, -0.25) is 9.59 Å². The minimum atomic E-state index is 0. The van der Waals surface area contributed by atoms with Gasteiger partial charge in [0.25, 0.3) is 0 Å². The quantitative estimate of drug-likeness (QED) is 0.642.